The Balaban J connectivity index is 1.23. The summed E-state index contributed by atoms with van der Waals surface area (Å²) < 4.78 is 2.15. The van der Waals surface area contributed by atoms with Crippen molar-refractivity contribution in [3.05, 3.63) is 255 Å². The van der Waals surface area contributed by atoms with Gasteiger partial charge in [0.05, 0.1) is 34.2 Å². The van der Waals surface area contributed by atoms with Crippen molar-refractivity contribution in [1.82, 2.24) is 19.7 Å². The molecule has 4 heteroatoms. The lowest BCUT2D eigenvalue weighted by atomic mass is 9.94. The van der Waals surface area contributed by atoms with Crippen LogP contribution in [0.3, 0.4) is 0 Å². The van der Waals surface area contributed by atoms with Crippen LogP contribution in [0.4, 0.5) is 0 Å². The molecule has 0 aliphatic heterocycles. The Labute approximate surface area is 379 Å². The SMILES string of the molecule is c1ccc(-c2cc(-c3cc(-c4cc(-c5ccccc5)nc(-c5ccccc5)c4)cc(-n4nc(-c5ccccc5)c(-c5ccccc5)c4-c4ccccc4)c3)cc(-c3ccccc3)n2)cc1. The zero-order chi connectivity index (χ0) is 43.4. The Hall–Kier alpha value is -8.73. The molecule has 0 fully saturated rings. The van der Waals surface area contributed by atoms with Gasteiger partial charge in [-0.15, -0.1) is 0 Å². The summed E-state index contributed by atoms with van der Waals surface area (Å²) in [7, 11) is 0. The van der Waals surface area contributed by atoms with Crippen LogP contribution in [-0.2, 0) is 0 Å². The number of rotatable bonds is 10. The van der Waals surface area contributed by atoms with Gasteiger partial charge in [-0.1, -0.05) is 212 Å². The van der Waals surface area contributed by atoms with Crippen LogP contribution in [-0.4, -0.2) is 19.7 Å². The summed E-state index contributed by atoms with van der Waals surface area (Å²) in [4.78, 5) is 10.5. The van der Waals surface area contributed by atoms with Gasteiger partial charge in [0.15, 0.2) is 0 Å². The van der Waals surface area contributed by atoms with Crippen LogP contribution >= 0.6 is 0 Å². The molecule has 0 unspecified atom stereocenters. The van der Waals surface area contributed by atoms with Gasteiger partial charge in [0.2, 0.25) is 0 Å². The lowest BCUT2D eigenvalue weighted by molar-refractivity contribution is 0.892. The van der Waals surface area contributed by atoms with Gasteiger partial charge in [-0.3, -0.25) is 0 Å². The second-order valence-electron chi connectivity index (χ2n) is 16.1. The Kier molecular flexibility index (Phi) is 10.6. The summed E-state index contributed by atoms with van der Waals surface area (Å²) in [5.74, 6) is 0. The van der Waals surface area contributed by atoms with Crippen molar-refractivity contribution in [3.63, 3.8) is 0 Å². The van der Waals surface area contributed by atoms with Crippen LogP contribution in [0.2, 0.25) is 0 Å². The first-order chi connectivity index (χ1) is 32.2. The van der Waals surface area contributed by atoms with E-state index in [9.17, 15) is 0 Å². The molecule has 3 heterocycles. The second kappa shape index (κ2) is 17.6. The molecule has 0 aliphatic rings. The molecule has 0 N–H and O–H groups in total. The van der Waals surface area contributed by atoms with E-state index in [1.807, 2.05) is 24.3 Å². The van der Waals surface area contributed by atoms with Crippen molar-refractivity contribution < 1.29 is 0 Å². The minimum atomic E-state index is 0.900. The van der Waals surface area contributed by atoms with Crippen molar-refractivity contribution in [3.8, 4) is 107 Å². The number of benzene rings is 8. The van der Waals surface area contributed by atoms with E-state index in [0.29, 0.717) is 0 Å². The van der Waals surface area contributed by atoms with Gasteiger partial charge in [0.1, 0.15) is 5.69 Å². The average Bonchev–Trinajstić information content (AvgIpc) is 3.81. The number of nitrogens with zero attached hydrogens (tertiary/aromatic N) is 4. The first kappa shape index (κ1) is 39.1. The molecule has 306 valence electrons. The molecule has 0 bridgehead atoms. The van der Waals surface area contributed by atoms with Gasteiger partial charge in [0.25, 0.3) is 0 Å². The molecule has 3 aromatic heterocycles. The summed E-state index contributed by atoms with van der Waals surface area (Å²) in [5, 5.41) is 5.63. The van der Waals surface area contributed by atoms with E-state index in [0.717, 1.165) is 107 Å². The minimum absolute atomic E-state index is 0.900. The van der Waals surface area contributed by atoms with Crippen molar-refractivity contribution in [2.24, 2.45) is 0 Å². The second-order valence-corrected chi connectivity index (χ2v) is 16.1. The summed E-state index contributed by atoms with van der Waals surface area (Å²) in [6.45, 7) is 0. The number of aromatic nitrogens is 4. The number of hydrogen-bond acceptors (Lipinski definition) is 3. The fourth-order valence-corrected chi connectivity index (χ4v) is 8.63. The highest BCUT2D eigenvalue weighted by atomic mass is 15.3. The van der Waals surface area contributed by atoms with E-state index in [4.69, 9.17) is 15.1 Å². The van der Waals surface area contributed by atoms with E-state index in [2.05, 4.69) is 235 Å². The van der Waals surface area contributed by atoms with Crippen LogP contribution < -0.4 is 0 Å². The molecular formula is C61H42N4. The van der Waals surface area contributed by atoms with Gasteiger partial charge in [0, 0.05) is 38.9 Å². The smallest absolute Gasteiger partial charge is 0.101 e. The summed E-state index contributed by atoms with van der Waals surface area (Å²) >= 11 is 0. The molecule has 65 heavy (non-hydrogen) atoms. The third-order valence-electron chi connectivity index (χ3n) is 11.8. The maximum absolute atomic E-state index is 5.63. The van der Waals surface area contributed by atoms with E-state index in [1.165, 1.54) is 0 Å². The maximum Gasteiger partial charge on any atom is 0.101 e. The first-order valence-electron chi connectivity index (χ1n) is 21.9. The molecule has 8 aromatic carbocycles. The van der Waals surface area contributed by atoms with E-state index in [-0.39, 0.29) is 0 Å². The predicted octanol–water partition coefficient (Wildman–Crippen LogP) is 15.7. The van der Waals surface area contributed by atoms with Crippen LogP contribution in [0, 0.1) is 0 Å². The van der Waals surface area contributed by atoms with Crippen molar-refractivity contribution in [2.75, 3.05) is 0 Å². The number of pyridine rings is 2. The molecule has 11 aromatic rings. The lowest BCUT2D eigenvalue weighted by Gasteiger charge is -2.17. The molecule has 0 atom stereocenters. The van der Waals surface area contributed by atoms with Crippen LogP contribution in [0.1, 0.15) is 0 Å². The number of hydrogen-bond donors (Lipinski definition) is 0. The summed E-state index contributed by atoms with van der Waals surface area (Å²) in [6, 6.07) is 89.3. The first-order valence-corrected chi connectivity index (χ1v) is 21.9. The van der Waals surface area contributed by atoms with Gasteiger partial charge in [-0.2, -0.15) is 5.10 Å². The minimum Gasteiger partial charge on any atom is -0.248 e. The third kappa shape index (κ3) is 8.09. The monoisotopic (exact) mass is 830 g/mol. The Morgan fingerprint density at radius 1 is 0.246 bits per heavy atom. The molecule has 0 radical (unpaired) electrons. The normalized spacial score (nSPS) is 11.1. The van der Waals surface area contributed by atoms with Crippen LogP contribution in [0.15, 0.2) is 255 Å². The van der Waals surface area contributed by atoms with Crippen molar-refractivity contribution >= 4 is 0 Å². The Morgan fingerprint density at radius 2 is 0.538 bits per heavy atom. The topological polar surface area (TPSA) is 43.6 Å². The molecule has 4 nitrogen and oxygen atoms in total. The lowest BCUT2D eigenvalue weighted by Crippen LogP contribution is -2.01. The molecule has 0 aliphatic carbocycles. The molecular weight excluding hydrogens is 789 g/mol. The highest BCUT2D eigenvalue weighted by Crippen LogP contribution is 2.43. The quantitative estimate of drug-likeness (QED) is 0.138. The van der Waals surface area contributed by atoms with Crippen LogP contribution in [0.25, 0.3) is 107 Å². The third-order valence-corrected chi connectivity index (χ3v) is 11.8. The van der Waals surface area contributed by atoms with E-state index < -0.39 is 0 Å². The Morgan fingerprint density at radius 3 is 0.892 bits per heavy atom. The van der Waals surface area contributed by atoms with Crippen molar-refractivity contribution in [2.45, 2.75) is 0 Å². The fourth-order valence-electron chi connectivity index (χ4n) is 8.63. The predicted molar refractivity (Wildman–Crippen MR) is 268 cm³/mol. The maximum atomic E-state index is 5.63. The molecule has 0 saturated carbocycles. The average molecular weight is 831 g/mol. The largest absolute Gasteiger partial charge is 0.248 e. The highest BCUT2D eigenvalue weighted by Gasteiger charge is 2.24. The summed E-state index contributed by atoms with van der Waals surface area (Å²) in [6.07, 6.45) is 0. The highest BCUT2D eigenvalue weighted by molar-refractivity contribution is 5.93. The molecule has 0 amide bonds. The zero-order valence-corrected chi connectivity index (χ0v) is 35.5. The van der Waals surface area contributed by atoms with Gasteiger partial charge < -0.3 is 0 Å². The fraction of sp³-hybridized carbons (Fsp3) is 0. The summed E-state index contributed by atoms with van der Waals surface area (Å²) in [5.41, 5.74) is 19.1. The van der Waals surface area contributed by atoms with Crippen molar-refractivity contribution in [1.29, 1.82) is 0 Å². The van der Waals surface area contributed by atoms with E-state index >= 15 is 0 Å². The van der Waals surface area contributed by atoms with Crippen LogP contribution in [0.5, 0.6) is 0 Å². The molecule has 0 saturated heterocycles. The molecule has 11 rings (SSSR count). The van der Waals surface area contributed by atoms with E-state index in [1.54, 1.807) is 0 Å². The van der Waals surface area contributed by atoms with Gasteiger partial charge in [-0.05, 0) is 70.3 Å². The Bertz CT molecular complexity index is 3110. The zero-order valence-electron chi connectivity index (χ0n) is 35.5. The standard InChI is InChI=1S/C61H42N4/c1-8-22-43(23-9-1)55-39-52(40-56(62-55)44-24-10-2-11-25-44)50-36-51(53-41-57(45-26-12-3-13-27-45)63-58(42-53)46-28-14-4-15-29-46)38-54(37-50)65-61(49-34-20-7-21-35-49)59(47-30-16-5-17-31-47)60(64-65)48-32-18-6-19-33-48/h1-42H. The van der Waals surface area contributed by atoms with Gasteiger partial charge >= 0.3 is 0 Å². The molecule has 0 spiro atoms. The van der Waals surface area contributed by atoms with Gasteiger partial charge in [-0.25, -0.2) is 14.6 Å².